The Morgan fingerprint density at radius 3 is 1.55 bits per heavy atom. The first kappa shape index (κ1) is 32.6. The summed E-state index contributed by atoms with van der Waals surface area (Å²) in [5.74, 6) is 4.65. The van der Waals surface area contributed by atoms with Crippen molar-refractivity contribution in [3.8, 4) is 90.5 Å². The highest BCUT2D eigenvalue weighted by molar-refractivity contribution is 5.86. The van der Waals surface area contributed by atoms with Crippen LogP contribution in [-0.4, -0.2) is 15.0 Å². The van der Waals surface area contributed by atoms with Crippen LogP contribution in [0, 0.1) is 0 Å². The van der Waals surface area contributed by atoms with Crippen LogP contribution in [0.2, 0.25) is 0 Å². The zero-order valence-electron chi connectivity index (χ0n) is 31.6. The quantitative estimate of drug-likeness (QED) is 0.181. The molecule has 7 aromatic carbocycles. The molecule has 0 atom stereocenters. The Hall–Kier alpha value is -6.85. The van der Waals surface area contributed by atoms with Crippen molar-refractivity contribution in [3.63, 3.8) is 0 Å². The number of benzene rings is 7. The van der Waals surface area contributed by atoms with Gasteiger partial charge in [-0.2, -0.15) is 0 Å². The summed E-state index contributed by atoms with van der Waals surface area (Å²) < 4.78 is 13.2. The zero-order valence-corrected chi connectivity index (χ0v) is 31.6. The van der Waals surface area contributed by atoms with Crippen LogP contribution in [-0.2, 0) is 10.8 Å². The Morgan fingerprint density at radius 2 is 0.821 bits per heavy atom. The minimum Gasteiger partial charge on any atom is -0.449 e. The first-order chi connectivity index (χ1) is 27.2. The molecule has 1 aliphatic heterocycles. The molecular formula is C51H37N3O2. The van der Waals surface area contributed by atoms with Crippen molar-refractivity contribution in [1.82, 2.24) is 15.0 Å². The summed E-state index contributed by atoms with van der Waals surface area (Å²) >= 11 is 0. The van der Waals surface area contributed by atoms with E-state index in [1.54, 1.807) is 0 Å². The number of ether oxygens (including phenoxy) is 2. The molecule has 0 amide bonds. The molecule has 3 aliphatic rings. The maximum Gasteiger partial charge on any atom is 0.170 e. The van der Waals surface area contributed by atoms with Gasteiger partial charge in [0.1, 0.15) is 0 Å². The largest absolute Gasteiger partial charge is 0.449 e. The van der Waals surface area contributed by atoms with Gasteiger partial charge >= 0.3 is 0 Å². The van der Waals surface area contributed by atoms with E-state index < -0.39 is 0 Å². The van der Waals surface area contributed by atoms with Crippen molar-refractivity contribution < 1.29 is 9.47 Å². The van der Waals surface area contributed by atoms with Crippen LogP contribution in [0.3, 0.4) is 0 Å². The minimum atomic E-state index is -0.146. The molecule has 0 N–H and O–H groups in total. The van der Waals surface area contributed by atoms with Crippen molar-refractivity contribution in [3.05, 3.63) is 174 Å². The third-order valence-corrected chi connectivity index (χ3v) is 12.0. The average molecular weight is 724 g/mol. The van der Waals surface area contributed by atoms with Gasteiger partial charge in [0.15, 0.2) is 40.5 Å². The monoisotopic (exact) mass is 723 g/mol. The second-order valence-electron chi connectivity index (χ2n) is 16.0. The van der Waals surface area contributed by atoms with E-state index >= 15 is 0 Å². The Balaban J connectivity index is 1.00. The summed E-state index contributed by atoms with van der Waals surface area (Å²) in [4.78, 5) is 15.4. The van der Waals surface area contributed by atoms with Crippen LogP contribution in [0.25, 0.3) is 67.5 Å². The van der Waals surface area contributed by atoms with Gasteiger partial charge in [-0.05, 0) is 86.0 Å². The fraction of sp³-hybridized carbons (Fsp3) is 0.118. The van der Waals surface area contributed by atoms with Gasteiger partial charge in [-0.15, -0.1) is 0 Å². The highest BCUT2D eigenvalue weighted by Crippen LogP contribution is 2.55. The van der Waals surface area contributed by atoms with Crippen LogP contribution in [0.5, 0.6) is 23.0 Å². The summed E-state index contributed by atoms with van der Waals surface area (Å²) in [6.45, 7) is 9.14. The van der Waals surface area contributed by atoms with Gasteiger partial charge in [0.2, 0.25) is 0 Å². The number of fused-ring (bicyclic) bond motifs is 8. The first-order valence-electron chi connectivity index (χ1n) is 19.2. The molecule has 2 heterocycles. The Morgan fingerprint density at radius 1 is 0.321 bits per heavy atom. The Kier molecular flexibility index (Phi) is 6.88. The lowest BCUT2D eigenvalue weighted by atomic mass is 9.82. The Labute approximate surface area is 326 Å². The molecule has 11 rings (SSSR count). The number of rotatable bonds is 4. The van der Waals surface area contributed by atoms with E-state index in [2.05, 4.69) is 137 Å². The fourth-order valence-corrected chi connectivity index (χ4v) is 9.06. The lowest BCUT2D eigenvalue weighted by molar-refractivity contribution is 0.359. The normalized spacial score (nSPS) is 14.6. The van der Waals surface area contributed by atoms with Gasteiger partial charge in [-0.1, -0.05) is 149 Å². The smallest absolute Gasteiger partial charge is 0.170 e. The molecule has 1 aromatic heterocycles. The molecule has 0 saturated carbocycles. The molecular weight excluding hydrogens is 687 g/mol. The van der Waals surface area contributed by atoms with Crippen LogP contribution in [0.1, 0.15) is 49.9 Å². The lowest BCUT2D eigenvalue weighted by Gasteiger charge is -2.25. The SMILES string of the molecule is CC1(C)c2ccccc2-c2ccc(-c3nc(-c4ccccc4)nc(-c4ccccc4-c4ccc5c(c4)Oc4cc6c(cc4O5)-c4ccccc4C6(C)C)n3)cc21. The van der Waals surface area contributed by atoms with E-state index in [1.165, 1.54) is 44.5 Å². The van der Waals surface area contributed by atoms with E-state index in [-0.39, 0.29) is 10.8 Å². The molecule has 2 aliphatic carbocycles. The summed E-state index contributed by atoms with van der Waals surface area (Å²) in [5, 5.41) is 0. The van der Waals surface area contributed by atoms with Crippen molar-refractivity contribution in [1.29, 1.82) is 0 Å². The van der Waals surface area contributed by atoms with Crippen molar-refractivity contribution >= 4 is 0 Å². The van der Waals surface area contributed by atoms with Crippen LogP contribution in [0.15, 0.2) is 152 Å². The van der Waals surface area contributed by atoms with Crippen molar-refractivity contribution in [2.45, 2.75) is 38.5 Å². The molecule has 56 heavy (non-hydrogen) atoms. The van der Waals surface area contributed by atoms with Gasteiger partial charge in [-0.25, -0.2) is 15.0 Å². The maximum atomic E-state index is 6.67. The topological polar surface area (TPSA) is 57.1 Å². The van der Waals surface area contributed by atoms with E-state index in [9.17, 15) is 0 Å². The van der Waals surface area contributed by atoms with E-state index in [1.807, 2.05) is 42.5 Å². The van der Waals surface area contributed by atoms with E-state index in [4.69, 9.17) is 24.4 Å². The molecule has 0 radical (unpaired) electrons. The highest BCUT2D eigenvalue weighted by atomic mass is 16.6. The number of nitrogens with zero attached hydrogens (tertiary/aromatic N) is 3. The molecule has 0 saturated heterocycles. The summed E-state index contributed by atoms with van der Waals surface area (Å²) in [5.41, 5.74) is 14.6. The van der Waals surface area contributed by atoms with Crippen LogP contribution >= 0.6 is 0 Å². The van der Waals surface area contributed by atoms with Crippen LogP contribution < -0.4 is 9.47 Å². The minimum absolute atomic E-state index is 0.144. The first-order valence-corrected chi connectivity index (χ1v) is 19.2. The highest BCUT2D eigenvalue weighted by Gasteiger charge is 2.38. The molecule has 5 heteroatoms. The third-order valence-electron chi connectivity index (χ3n) is 12.0. The molecule has 268 valence electrons. The van der Waals surface area contributed by atoms with E-state index in [0.717, 1.165) is 39.3 Å². The zero-order chi connectivity index (χ0) is 37.8. The maximum absolute atomic E-state index is 6.67. The standard InChI is InChI=1S/C51H37N3O2/c1-50(2)39-20-12-10-17-34(39)36-24-22-32(26-41(36)50)48-52-47(30-14-6-5-7-15-30)53-49(54-48)37-19-9-8-16-33(37)31-23-25-43-44(27-31)56-46-29-42-38(28-45(46)55-43)35-18-11-13-21-40(35)51(42,3)4/h5-29H,1-4H3. The summed E-state index contributed by atoms with van der Waals surface area (Å²) in [6.07, 6.45) is 0. The summed E-state index contributed by atoms with van der Waals surface area (Å²) in [6, 6.07) is 52.8. The predicted molar refractivity (Wildman–Crippen MR) is 223 cm³/mol. The second-order valence-corrected chi connectivity index (χ2v) is 16.0. The lowest BCUT2D eigenvalue weighted by Crippen LogP contribution is -2.15. The third kappa shape index (κ3) is 4.83. The van der Waals surface area contributed by atoms with Crippen molar-refractivity contribution in [2.24, 2.45) is 0 Å². The predicted octanol–water partition coefficient (Wildman–Crippen LogP) is 13.1. The fourth-order valence-electron chi connectivity index (χ4n) is 9.06. The molecule has 8 aromatic rings. The van der Waals surface area contributed by atoms with E-state index in [0.29, 0.717) is 29.0 Å². The summed E-state index contributed by atoms with van der Waals surface area (Å²) in [7, 11) is 0. The average Bonchev–Trinajstić information content (AvgIpc) is 3.60. The number of hydrogen-bond donors (Lipinski definition) is 0. The second kappa shape index (κ2) is 11.8. The molecule has 0 bridgehead atoms. The number of aromatic nitrogens is 3. The van der Waals surface area contributed by atoms with Gasteiger partial charge in [0.05, 0.1) is 0 Å². The molecule has 0 unspecified atom stereocenters. The van der Waals surface area contributed by atoms with Crippen LogP contribution in [0.4, 0.5) is 0 Å². The molecule has 0 spiro atoms. The van der Waals surface area contributed by atoms with Gasteiger partial charge in [-0.3, -0.25) is 0 Å². The Bertz CT molecular complexity index is 2930. The number of hydrogen-bond acceptors (Lipinski definition) is 5. The van der Waals surface area contributed by atoms with Crippen molar-refractivity contribution in [2.75, 3.05) is 0 Å². The van der Waals surface area contributed by atoms with Gasteiger partial charge < -0.3 is 9.47 Å². The molecule has 5 nitrogen and oxygen atoms in total. The van der Waals surface area contributed by atoms with Gasteiger partial charge in [0.25, 0.3) is 0 Å². The van der Waals surface area contributed by atoms with Gasteiger partial charge in [0, 0.05) is 27.5 Å². The molecule has 0 fully saturated rings.